The van der Waals surface area contributed by atoms with Crippen molar-refractivity contribution in [2.24, 2.45) is 0 Å². The number of nitrogens with zero attached hydrogens (tertiary/aromatic N) is 7. The van der Waals surface area contributed by atoms with Crippen molar-refractivity contribution < 1.29 is 9.26 Å². The largest absolute Gasteiger partial charge is 0.371 e. The number of fused-ring (bicyclic) bond motifs is 1. The lowest BCUT2D eigenvalue weighted by molar-refractivity contribution is 0.0683. The van der Waals surface area contributed by atoms with Crippen molar-refractivity contribution in [2.45, 2.75) is 26.5 Å². The lowest BCUT2D eigenvalue weighted by Crippen LogP contribution is -2.46. The minimum absolute atomic E-state index is 0.147. The van der Waals surface area contributed by atoms with Crippen LogP contribution < -0.4 is 4.90 Å². The summed E-state index contributed by atoms with van der Waals surface area (Å²) in [4.78, 5) is 22.2. The Hall–Kier alpha value is -2.65. The fraction of sp³-hybridized carbons (Fsp3) is 0.500. The molecule has 1 atom stereocenters. The van der Waals surface area contributed by atoms with Gasteiger partial charge in [0.15, 0.2) is 11.5 Å². The maximum Gasteiger partial charge on any atom is 0.240 e. The zero-order valence-corrected chi connectivity index (χ0v) is 15.6. The third-order valence-electron chi connectivity index (χ3n) is 4.64. The van der Waals surface area contributed by atoms with E-state index in [9.17, 15) is 0 Å². The zero-order chi connectivity index (χ0) is 18.6. The molecule has 142 valence electrons. The lowest BCUT2D eigenvalue weighted by atomic mass is 10.3. The Labute approximate surface area is 157 Å². The van der Waals surface area contributed by atoms with E-state index >= 15 is 0 Å². The molecule has 9 heteroatoms. The molecule has 27 heavy (non-hydrogen) atoms. The standard InChI is InChI=1S/C18H23N7O2/c1-3-26-13(2)17-22-16(27-23-17)12-24-8-10-25(11-9-24)15-5-4-14-18(21-15)20-7-6-19-14/h4-7,13H,3,8-12H2,1-2H3. The van der Waals surface area contributed by atoms with E-state index in [0.717, 1.165) is 37.5 Å². The van der Waals surface area contributed by atoms with Crippen molar-refractivity contribution in [3.05, 3.63) is 36.2 Å². The van der Waals surface area contributed by atoms with E-state index in [-0.39, 0.29) is 6.10 Å². The monoisotopic (exact) mass is 369 g/mol. The Morgan fingerprint density at radius 3 is 2.74 bits per heavy atom. The van der Waals surface area contributed by atoms with Gasteiger partial charge in [-0.3, -0.25) is 9.88 Å². The molecule has 3 aromatic rings. The highest BCUT2D eigenvalue weighted by Gasteiger charge is 2.21. The molecule has 1 unspecified atom stereocenters. The molecule has 4 heterocycles. The highest BCUT2D eigenvalue weighted by molar-refractivity contribution is 5.71. The number of aromatic nitrogens is 5. The summed E-state index contributed by atoms with van der Waals surface area (Å²) in [5.74, 6) is 2.17. The second-order valence-electron chi connectivity index (χ2n) is 6.48. The van der Waals surface area contributed by atoms with Crippen LogP contribution in [0.5, 0.6) is 0 Å². The van der Waals surface area contributed by atoms with Crippen LogP contribution in [0.4, 0.5) is 5.82 Å². The number of piperazine rings is 1. The van der Waals surface area contributed by atoms with Crippen LogP contribution >= 0.6 is 0 Å². The SMILES string of the molecule is CCOC(C)c1noc(CN2CCN(c3ccc4nccnc4n3)CC2)n1. The van der Waals surface area contributed by atoms with Crippen molar-refractivity contribution in [2.75, 3.05) is 37.7 Å². The van der Waals surface area contributed by atoms with E-state index in [4.69, 9.17) is 9.26 Å². The van der Waals surface area contributed by atoms with Gasteiger partial charge >= 0.3 is 0 Å². The summed E-state index contributed by atoms with van der Waals surface area (Å²) in [6.45, 7) is 8.73. The quantitative estimate of drug-likeness (QED) is 0.645. The van der Waals surface area contributed by atoms with E-state index in [1.807, 2.05) is 26.0 Å². The lowest BCUT2D eigenvalue weighted by Gasteiger charge is -2.34. The number of anilines is 1. The molecule has 1 aliphatic heterocycles. The number of hydrogen-bond acceptors (Lipinski definition) is 9. The number of hydrogen-bond donors (Lipinski definition) is 0. The number of rotatable bonds is 6. The van der Waals surface area contributed by atoms with E-state index in [1.54, 1.807) is 12.4 Å². The average Bonchev–Trinajstić information content (AvgIpc) is 3.17. The first kappa shape index (κ1) is 17.7. The predicted molar refractivity (Wildman–Crippen MR) is 99.2 cm³/mol. The third-order valence-corrected chi connectivity index (χ3v) is 4.64. The van der Waals surface area contributed by atoms with E-state index in [0.29, 0.717) is 30.5 Å². The minimum Gasteiger partial charge on any atom is -0.371 e. The van der Waals surface area contributed by atoms with Gasteiger partial charge in [0, 0.05) is 45.2 Å². The molecule has 0 aromatic carbocycles. The van der Waals surface area contributed by atoms with Gasteiger partial charge in [0.2, 0.25) is 5.89 Å². The van der Waals surface area contributed by atoms with Crippen LogP contribution in [0.15, 0.2) is 29.0 Å². The average molecular weight is 369 g/mol. The first-order chi connectivity index (χ1) is 13.2. The Morgan fingerprint density at radius 1 is 1.11 bits per heavy atom. The summed E-state index contributed by atoms with van der Waals surface area (Å²) >= 11 is 0. The van der Waals surface area contributed by atoms with Crippen molar-refractivity contribution in [3.8, 4) is 0 Å². The van der Waals surface area contributed by atoms with Crippen LogP contribution in [0.1, 0.15) is 31.7 Å². The molecule has 0 N–H and O–H groups in total. The van der Waals surface area contributed by atoms with E-state index in [2.05, 4.69) is 34.9 Å². The van der Waals surface area contributed by atoms with Crippen molar-refractivity contribution >= 4 is 17.0 Å². The third kappa shape index (κ3) is 4.04. The number of pyridine rings is 1. The highest BCUT2D eigenvalue weighted by atomic mass is 16.5. The van der Waals surface area contributed by atoms with Gasteiger partial charge in [-0.05, 0) is 26.0 Å². The highest BCUT2D eigenvalue weighted by Crippen LogP contribution is 2.18. The summed E-state index contributed by atoms with van der Waals surface area (Å²) in [7, 11) is 0. The first-order valence-corrected chi connectivity index (χ1v) is 9.22. The molecule has 1 saturated heterocycles. The fourth-order valence-corrected chi connectivity index (χ4v) is 3.17. The Morgan fingerprint density at radius 2 is 1.93 bits per heavy atom. The van der Waals surface area contributed by atoms with Crippen LogP contribution in [0, 0.1) is 0 Å². The van der Waals surface area contributed by atoms with Gasteiger partial charge in [0.1, 0.15) is 17.4 Å². The topological polar surface area (TPSA) is 93.3 Å². The molecule has 0 bridgehead atoms. The molecule has 9 nitrogen and oxygen atoms in total. The second-order valence-corrected chi connectivity index (χ2v) is 6.48. The molecule has 0 spiro atoms. The molecule has 0 radical (unpaired) electrons. The van der Waals surface area contributed by atoms with Gasteiger partial charge in [0.05, 0.1) is 6.54 Å². The van der Waals surface area contributed by atoms with Crippen LogP contribution in [0.2, 0.25) is 0 Å². The molecular formula is C18H23N7O2. The molecular weight excluding hydrogens is 346 g/mol. The van der Waals surface area contributed by atoms with Crippen molar-refractivity contribution in [3.63, 3.8) is 0 Å². The Kier molecular flexibility index (Phi) is 5.21. The molecule has 1 fully saturated rings. The van der Waals surface area contributed by atoms with Gasteiger partial charge in [-0.15, -0.1) is 0 Å². The van der Waals surface area contributed by atoms with Gasteiger partial charge in [0.25, 0.3) is 0 Å². The Bertz CT molecular complexity index is 892. The van der Waals surface area contributed by atoms with E-state index in [1.165, 1.54) is 0 Å². The molecule has 0 aliphatic carbocycles. The van der Waals surface area contributed by atoms with E-state index < -0.39 is 0 Å². The molecule has 3 aromatic heterocycles. The summed E-state index contributed by atoms with van der Waals surface area (Å²) in [6.07, 6.45) is 3.20. The van der Waals surface area contributed by atoms with Crippen LogP contribution in [0.3, 0.4) is 0 Å². The summed E-state index contributed by atoms with van der Waals surface area (Å²) in [6, 6.07) is 3.97. The Balaban J connectivity index is 1.34. The smallest absolute Gasteiger partial charge is 0.240 e. The van der Waals surface area contributed by atoms with Gasteiger partial charge in [-0.1, -0.05) is 5.16 Å². The van der Waals surface area contributed by atoms with Crippen LogP contribution in [-0.2, 0) is 11.3 Å². The summed E-state index contributed by atoms with van der Waals surface area (Å²) < 4.78 is 10.9. The minimum atomic E-state index is -0.147. The van der Waals surface area contributed by atoms with Crippen molar-refractivity contribution in [1.82, 2.24) is 30.0 Å². The molecule has 0 saturated carbocycles. The summed E-state index contributed by atoms with van der Waals surface area (Å²) in [5.41, 5.74) is 1.49. The normalized spacial score (nSPS) is 16.7. The predicted octanol–water partition coefficient (Wildman–Crippen LogP) is 1.83. The van der Waals surface area contributed by atoms with Crippen molar-refractivity contribution in [1.29, 1.82) is 0 Å². The maximum absolute atomic E-state index is 5.50. The molecule has 4 rings (SSSR count). The summed E-state index contributed by atoms with van der Waals surface area (Å²) in [5, 5.41) is 4.02. The van der Waals surface area contributed by atoms with Gasteiger partial charge in [-0.2, -0.15) is 4.98 Å². The number of ether oxygens (including phenoxy) is 1. The van der Waals surface area contributed by atoms with Gasteiger partial charge < -0.3 is 14.2 Å². The van der Waals surface area contributed by atoms with Crippen LogP contribution in [0.25, 0.3) is 11.2 Å². The fourth-order valence-electron chi connectivity index (χ4n) is 3.17. The molecule has 0 amide bonds. The second kappa shape index (κ2) is 7.93. The zero-order valence-electron chi connectivity index (χ0n) is 15.6. The first-order valence-electron chi connectivity index (χ1n) is 9.22. The van der Waals surface area contributed by atoms with Gasteiger partial charge in [-0.25, -0.2) is 9.97 Å². The van der Waals surface area contributed by atoms with Crippen LogP contribution in [-0.4, -0.2) is 62.8 Å². The molecule has 1 aliphatic rings. The maximum atomic E-state index is 5.50.